The van der Waals surface area contributed by atoms with Gasteiger partial charge in [0.25, 0.3) is 5.91 Å². The van der Waals surface area contributed by atoms with Crippen molar-refractivity contribution in [2.24, 2.45) is 0 Å². The fourth-order valence-corrected chi connectivity index (χ4v) is 4.38. The zero-order valence-electron chi connectivity index (χ0n) is 12.5. The summed E-state index contributed by atoms with van der Waals surface area (Å²) in [5.41, 5.74) is 0.579. The summed E-state index contributed by atoms with van der Waals surface area (Å²) in [7, 11) is -3.07. The Morgan fingerprint density at radius 1 is 1.39 bits per heavy atom. The highest BCUT2D eigenvalue weighted by atomic mass is 32.2. The van der Waals surface area contributed by atoms with Crippen molar-refractivity contribution in [2.75, 3.05) is 16.8 Å². The van der Waals surface area contributed by atoms with Crippen LogP contribution >= 0.6 is 0 Å². The SMILES string of the molecule is Cc1cc(NC(=O)c2ccccc2F)n([C@H]2CCS(=O)(=O)C2)n1. The lowest BCUT2D eigenvalue weighted by atomic mass is 10.2. The summed E-state index contributed by atoms with van der Waals surface area (Å²) >= 11 is 0. The topological polar surface area (TPSA) is 81.1 Å². The predicted octanol–water partition coefficient (Wildman–Crippen LogP) is 1.94. The van der Waals surface area contributed by atoms with Gasteiger partial charge in [-0.25, -0.2) is 17.5 Å². The molecule has 0 saturated carbocycles. The third-order valence-electron chi connectivity index (χ3n) is 3.77. The van der Waals surface area contributed by atoms with Crippen LogP contribution in [0.2, 0.25) is 0 Å². The Morgan fingerprint density at radius 2 is 2.13 bits per heavy atom. The molecule has 1 aliphatic heterocycles. The molecule has 8 heteroatoms. The lowest BCUT2D eigenvalue weighted by molar-refractivity contribution is 0.102. The minimum Gasteiger partial charge on any atom is -0.307 e. The zero-order valence-corrected chi connectivity index (χ0v) is 13.3. The molecule has 2 aromatic rings. The number of carbonyl (C=O) groups excluding carboxylic acids is 1. The standard InChI is InChI=1S/C15H16FN3O3S/c1-10-8-14(17-15(20)12-4-2-3-5-13(12)16)19(18-10)11-6-7-23(21,22)9-11/h2-5,8,11H,6-7,9H2,1H3,(H,17,20)/t11-/m0/s1. The molecule has 1 saturated heterocycles. The molecule has 1 N–H and O–H groups in total. The number of nitrogens with one attached hydrogen (secondary N) is 1. The van der Waals surface area contributed by atoms with Crippen molar-refractivity contribution < 1.29 is 17.6 Å². The second-order valence-electron chi connectivity index (χ2n) is 5.61. The quantitative estimate of drug-likeness (QED) is 0.928. The van der Waals surface area contributed by atoms with Crippen molar-refractivity contribution in [3.63, 3.8) is 0 Å². The van der Waals surface area contributed by atoms with E-state index in [1.165, 1.54) is 22.9 Å². The predicted molar refractivity (Wildman–Crippen MR) is 83.6 cm³/mol. The highest BCUT2D eigenvalue weighted by molar-refractivity contribution is 7.91. The number of nitrogens with zero attached hydrogens (tertiary/aromatic N) is 2. The first-order valence-corrected chi connectivity index (χ1v) is 9.00. The second-order valence-corrected chi connectivity index (χ2v) is 7.84. The number of sulfone groups is 1. The van der Waals surface area contributed by atoms with Crippen LogP contribution in [-0.2, 0) is 9.84 Å². The molecule has 0 bridgehead atoms. The Kier molecular flexibility index (Phi) is 3.93. The third-order valence-corrected chi connectivity index (χ3v) is 5.52. The van der Waals surface area contributed by atoms with Crippen LogP contribution < -0.4 is 5.32 Å². The van der Waals surface area contributed by atoms with Gasteiger partial charge in [-0.3, -0.25) is 4.79 Å². The van der Waals surface area contributed by atoms with Gasteiger partial charge >= 0.3 is 0 Å². The molecule has 0 radical (unpaired) electrons. The van der Waals surface area contributed by atoms with Crippen molar-refractivity contribution in [3.8, 4) is 0 Å². The second kappa shape index (κ2) is 5.77. The van der Waals surface area contributed by atoms with Crippen LogP contribution in [0.4, 0.5) is 10.2 Å². The minimum atomic E-state index is -3.07. The van der Waals surface area contributed by atoms with E-state index in [-0.39, 0.29) is 23.1 Å². The van der Waals surface area contributed by atoms with Gasteiger partial charge in [0.15, 0.2) is 9.84 Å². The van der Waals surface area contributed by atoms with Crippen molar-refractivity contribution in [2.45, 2.75) is 19.4 Å². The molecule has 6 nitrogen and oxygen atoms in total. The largest absolute Gasteiger partial charge is 0.307 e. The van der Waals surface area contributed by atoms with Crippen LogP contribution in [0.1, 0.15) is 28.5 Å². The summed E-state index contributed by atoms with van der Waals surface area (Å²) < 4.78 is 38.5. The van der Waals surface area contributed by atoms with Gasteiger partial charge in [-0.1, -0.05) is 12.1 Å². The summed E-state index contributed by atoms with van der Waals surface area (Å²) in [6, 6.07) is 7.00. The Balaban J connectivity index is 1.87. The summed E-state index contributed by atoms with van der Waals surface area (Å²) in [4.78, 5) is 12.2. The van der Waals surface area contributed by atoms with Crippen molar-refractivity contribution in [3.05, 3.63) is 47.4 Å². The van der Waals surface area contributed by atoms with Gasteiger partial charge in [0.05, 0.1) is 28.8 Å². The molecular weight excluding hydrogens is 321 g/mol. The van der Waals surface area contributed by atoms with Crippen LogP contribution in [-0.4, -0.2) is 35.6 Å². The van der Waals surface area contributed by atoms with Gasteiger partial charge < -0.3 is 5.32 Å². The Morgan fingerprint density at radius 3 is 2.78 bits per heavy atom. The minimum absolute atomic E-state index is 0.00329. The van der Waals surface area contributed by atoms with E-state index in [0.29, 0.717) is 17.9 Å². The molecule has 1 aliphatic rings. The number of hydrogen-bond donors (Lipinski definition) is 1. The number of amides is 1. The highest BCUT2D eigenvalue weighted by Crippen LogP contribution is 2.27. The van der Waals surface area contributed by atoms with Gasteiger partial charge in [-0.2, -0.15) is 5.10 Å². The molecule has 0 unspecified atom stereocenters. The molecule has 1 aromatic carbocycles. The number of aryl methyl sites for hydroxylation is 1. The molecule has 3 rings (SSSR count). The average molecular weight is 337 g/mol. The lowest BCUT2D eigenvalue weighted by Crippen LogP contribution is -2.20. The molecule has 2 heterocycles. The highest BCUT2D eigenvalue weighted by Gasteiger charge is 2.31. The molecule has 1 fully saturated rings. The van der Waals surface area contributed by atoms with Crippen LogP contribution in [0.25, 0.3) is 0 Å². The first-order valence-electron chi connectivity index (χ1n) is 7.18. The molecule has 23 heavy (non-hydrogen) atoms. The maximum absolute atomic E-state index is 13.7. The van der Waals surface area contributed by atoms with Gasteiger partial charge in [-0.05, 0) is 25.5 Å². The van der Waals surface area contributed by atoms with E-state index in [0.717, 1.165) is 0 Å². The van der Waals surface area contributed by atoms with Crippen LogP contribution in [0, 0.1) is 12.7 Å². The summed E-state index contributed by atoms with van der Waals surface area (Å²) in [5, 5.41) is 6.89. The van der Waals surface area contributed by atoms with Crippen LogP contribution in [0.3, 0.4) is 0 Å². The normalized spacial score (nSPS) is 19.7. The van der Waals surface area contributed by atoms with E-state index in [1.54, 1.807) is 19.1 Å². The smallest absolute Gasteiger partial charge is 0.259 e. The molecule has 1 amide bonds. The number of benzene rings is 1. The van der Waals surface area contributed by atoms with E-state index in [9.17, 15) is 17.6 Å². The Labute approximate surface area is 133 Å². The fourth-order valence-electron chi connectivity index (χ4n) is 2.69. The molecule has 0 spiro atoms. The molecular formula is C15H16FN3O3S. The van der Waals surface area contributed by atoms with E-state index in [4.69, 9.17) is 0 Å². The summed E-state index contributed by atoms with van der Waals surface area (Å²) in [6.45, 7) is 1.75. The zero-order chi connectivity index (χ0) is 16.6. The number of hydrogen-bond acceptors (Lipinski definition) is 4. The third kappa shape index (κ3) is 3.26. The van der Waals surface area contributed by atoms with Gasteiger partial charge in [0, 0.05) is 6.07 Å². The Hall–Kier alpha value is -2.22. The van der Waals surface area contributed by atoms with Gasteiger partial charge in [0.1, 0.15) is 11.6 Å². The molecule has 0 aliphatic carbocycles. The Bertz CT molecular complexity index is 861. The average Bonchev–Trinajstić information content (AvgIpc) is 3.01. The molecule has 1 aromatic heterocycles. The van der Waals surface area contributed by atoms with E-state index >= 15 is 0 Å². The maximum Gasteiger partial charge on any atom is 0.259 e. The fraction of sp³-hybridized carbons (Fsp3) is 0.333. The molecule has 122 valence electrons. The van der Waals surface area contributed by atoms with Gasteiger partial charge in [-0.15, -0.1) is 0 Å². The van der Waals surface area contributed by atoms with E-state index < -0.39 is 21.6 Å². The first-order chi connectivity index (χ1) is 10.9. The van der Waals surface area contributed by atoms with Crippen molar-refractivity contribution >= 4 is 21.6 Å². The van der Waals surface area contributed by atoms with Crippen LogP contribution in [0.15, 0.2) is 30.3 Å². The van der Waals surface area contributed by atoms with Crippen LogP contribution in [0.5, 0.6) is 0 Å². The number of aromatic nitrogens is 2. The lowest BCUT2D eigenvalue weighted by Gasteiger charge is -2.14. The summed E-state index contributed by atoms with van der Waals surface area (Å²) in [5.74, 6) is -0.729. The maximum atomic E-state index is 13.7. The number of carbonyl (C=O) groups is 1. The van der Waals surface area contributed by atoms with E-state index in [2.05, 4.69) is 10.4 Å². The van der Waals surface area contributed by atoms with Gasteiger partial charge in [0.2, 0.25) is 0 Å². The monoisotopic (exact) mass is 337 g/mol. The molecule has 1 atom stereocenters. The number of rotatable bonds is 3. The van der Waals surface area contributed by atoms with Crippen molar-refractivity contribution in [1.82, 2.24) is 9.78 Å². The van der Waals surface area contributed by atoms with Crippen molar-refractivity contribution in [1.29, 1.82) is 0 Å². The first kappa shape index (κ1) is 15.7. The number of halogens is 1. The summed E-state index contributed by atoms with van der Waals surface area (Å²) in [6.07, 6.45) is 0.450. The van der Waals surface area contributed by atoms with E-state index in [1.807, 2.05) is 0 Å². The number of anilines is 1.